The molecule has 0 spiro atoms. The highest BCUT2D eigenvalue weighted by Gasteiger charge is 2.13. The van der Waals surface area contributed by atoms with Crippen LogP contribution in [-0.2, 0) is 0 Å². The summed E-state index contributed by atoms with van der Waals surface area (Å²) >= 11 is 0. The molecule has 0 bridgehead atoms. The van der Waals surface area contributed by atoms with Crippen LogP contribution in [0.15, 0.2) is 168 Å². The average Bonchev–Trinajstić information content (AvgIpc) is 3.57. The summed E-state index contributed by atoms with van der Waals surface area (Å²) < 4.78 is 6.15. The third-order valence-corrected chi connectivity index (χ3v) is 7.92. The molecule has 0 aliphatic rings. The first-order valence-corrected chi connectivity index (χ1v) is 14.9. The minimum absolute atomic E-state index is 0.638. The topological polar surface area (TPSA) is 51.8 Å². The van der Waals surface area contributed by atoms with Gasteiger partial charge < -0.3 is 4.42 Å². The van der Waals surface area contributed by atoms with Crippen molar-refractivity contribution in [3.63, 3.8) is 0 Å². The Labute approximate surface area is 261 Å². The molecule has 0 radical (unpaired) electrons. The van der Waals surface area contributed by atoms with Gasteiger partial charge in [-0.05, 0) is 52.6 Å². The maximum absolute atomic E-state index is 6.15. The predicted molar refractivity (Wildman–Crippen MR) is 182 cm³/mol. The summed E-state index contributed by atoms with van der Waals surface area (Å²) in [6, 6.07) is 55.9. The fraction of sp³-hybridized carbons (Fsp3) is 0. The van der Waals surface area contributed by atoms with E-state index in [0.29, 0.717) is 17.5 Å². The second kappa shape index (κ2) is 11.5. The van der Waals surface area contributed by atoms with Crippen LogP contribution in [0.2, 0.25) is 0 Å². The van der Waals surface area contributed by atoms with Gasteiger partial charge in [-0.2, -0.15) is 0 Å². The van der Waals surface area contributed by atoms with Gasteiger partial charge in [0, 0.05) is 27.6 Å². The van der Waals surface area contributed by atoms with Gasteiger partial charge in [-0.3, -0.25) is 0 Å². The number of furan rings is 1. The Morgan fingerprint density at radius 3 is 1.27 bits per heavy atom. The normalized spacial score (nSPS) is 11.1. The van der Waals surface area contributed by atoms with E-state index >= 15 is 0 Å². The van der Waals surface area contributed by atoms with Crippen molar-refractivity contribution in [2.45, 2.75) is 0 Å². The molecule has 0 amide bonds. The Bertz CT molecular complexity index is 2180. The molecule has 0 saturated carbocycles. The van der Waals surface area contributed by atoms with Crippen LogP contribution in [0.4, 0.5) is 0 Å². The van der Waals surface area contributed by atoms with Crippen LogP contribution in [-0.4, -0.2) is 15.0 Å². The van der Waals surface area contributed by atoms with Gasteiger partial charge in [-0.15, -0.1) is 0 Å². The zero-order valence-corrected chi connectivity index (χ0v) is 24.3. The number of fused-ring (bicyclic) bond motifs is 1. The van der Waals surface area contributed by atoms with Gasteiger partial charge in [-0.25, -0.2) is 15.0 Å². The fourth-order valence-corrected chi connectivity index (χ4v) is 5.63. The molecule has 8 rings (SSSR count). The molecule has 0 aliphatic heterocycles. The van der Waals surface area contributed by atoms with Crippen LogP contribution in [0.3, 0.4) is 0 Å². The highest BCUT2D eigenvalue weighted by molar-refractivity contribution is 5.84. The standard InChI is InChI=1S/C41H27N3O/c1-3-12-28(13-4-1)39-42-40(29-14-5-2-6-15-29)44-41(43-39)36-22-11-20-33(26-36)31-18-9-17-30(24-31)32-19-10-21-34(25-32)38-27-35-16-7-8-23-37(35)45-38/h1-27H. The fourth-order valence-electron chi connectivity index (χ4n) is 5.63. The van der Waals surface area contributed by atoms with E-state index in [1.807, 2.05) is 78.9 Å². The van der Waals surface area contributed by atoms with Gasteiger partial charge in [0.15, 0.2) is 17.5 Å². The lowest BCUT2D eigenvalue weighted by Gasteiger charge is -2.10. The summed E-state index contributed by atoms with van der Waals surface area (Å²) in [5, 5.41) is 1.10. The Morgan fingerprint density at radius 2 is 0.711 bits per heavy atom. The van der Waals surface area contributed by atoms with E-state index in [1.165, 1.54) is 0 Å². The number of hydrogen-bond donors (Lipinski definition) is 0. The zero-order chi connectivity index (χ0) is 30.0. The molecule has 0 N–H and O–H groups in total. The van der Waals surface area contributed by atoms with Crippen molar-refractivity contribution >= 4 is 11.0 Å². The molecule has 2 aromatic heterocycles. The van der Waals surface area contributed by atoms with Crippen molar-refractivity contribution < 1.29 is 4.42 Å². The van der Waals surface area contributed by atoms with Gasteiger partial charge in [0.2, 0.25) is 0 Å². The van der Waals surface area contributed by atoms with Crippen LogP contribution < -0.4 is 0 Å². The highest BCUT2D eigenvalue weighted by atomic mass is 16.3. The van der Waals surface area contributed by atoms with E-state index in [2.05, 4.69) is 84.9 Å². The molecule has 0 aliphatic carbocycles. The number of para-hydroxylation sites is 1. The monoisotopic (exact) mass is 577 g/mol. The van der Waals surface area contributed by atoms with Gasteiger partial charge >= 0.3 is 0 Å². The Hall–Kier alpha value is -6.13. The number of nitrogens with zero attached hydrogens (tertiary/aromatic N) is 3. The lowest BCUT2D eigenvalue weighted by Crippen LogP contribution is -2.00. The SMILES string of the molecule is c1ccc(-c2nc(-c3ccccc3)nc(-c3cccc(-c4cccc(-c5cccc(-c6cc7ccccc7o6)c5)c4)c3)n2)cc1. The first kappa shape index (κ1) is 26.5. The van der Waals surface area contributed by atoms with Crippen molar-refractivity contribution in [3.05, 3.63) is 164 Å². The quantitative estimate of drug-likeness (QED) is 0.197. The molecule has 4 heteroatoms. The van der Waals surface area contributed by atoms with Crippen molar-refractivity contribution in [2.24, 2.45) is 0 Å². The second-order valence-corrected chi connectivity index (χ2v) is 10.9. The summed E-state index contributed by atoms with van der Waals surface area (Å²) in [5.74, 6) is 2.80. The molecule has 2 heterocycles. The number of hydrogen-bond acceptors (Lipinski definition) is 4. The van der Waals surface area contributed by atoms with Gasteiger partial charge in [0.1, 0.15) is 11.3 Å². The predicted octanol–water partition coefficient (Wildman–Crippen LogP) is 10.6. The summed E-state index contributed by atoms with van der Waals surface area (Å²) in [5.41, 5.74) is 9.24. The summed E-state index contributed by atoms with van der Waals surface area (Å²) in [7, 11) is 0. The minimum Gasteiger partial charge on any atom is -0.456 e. The molecule has 212 valence electrons. The smallest absolute Gasteiger partial charge is 0.164 e. The largest absolute Gasteiger partial charge is 0.456 e. The Morgan fingerprint density at radius 1 is 0.311 bits per heavy atom. The Kier molecular flexibility index (Phi) is 6.78. The zero-order valence-electron chi connectivity index (χ0n) is 24.3. The summed E-state index contributed by atoms with van der Waals surface area (Å²) in [4.78, 5) is 14.7. The third-order valence-electron chi connectivity index (χ3n) is 7.92. The minimum atomic E-state index is 0.638. The summed E-state index contributed by atoms with van der Waals surface area (Å²) in [6.45, 7) is 0. The van der Waals surface area contributed by atoms with Gasteiger partial charge in [0.05, 0.1) is 0 Å². The molecule has 8 aromatic rings. The van der Waals surface area contributed by atoms with Crippen molar-refractivity contribution in [1.82, 2.24) is 15.0 Å². The molecule has 0 unspecified atom stereocenters. The average molecular weight is 578 g/mol. The lowest BCUT2D eigenvalue weighted by atomic mass is 9.96. The second-order valence-electron chi connectivity index (χ2n) is 10.9. The summed E-state index contributed by atoms with van der Waals surface area (Å²) in [6.07, 6.45) is 0. The van der Waals surface area contributed by atoms with Gasteiger partial charge in [0.25, 0.3) is 0 Å². The third kappa shape index (κ3) is 5.41. The molecule has 45 heavy (non-hydrogen) atoms. The number of benzene rings is 6. The number of rotatable bonds is 6. The maximum Gasteiger partial charge on any atom is 0.164 e. The molecule has 0 fully saturated rings. The number of aromatic nitrogens is 3. The van der Waals surface area contributed by atoms with Crippen LogP contribution in [0.25, 0.3) is 78.7 Å². The van der Waals surface area contributed by atoms with Crippen molar-refractivity contribution in [2.75, 3.05) is 0 Å². The maximum atomic E-state index is 6.15. The van der Waals surface area contributed by atoms with Crippen molar-refractivity contribution in [3.8, 4) is 67.7 Å². The molecule has 4 nitrogen and oxygen atoms in total. The van der Waals surface area contributed by atoms with E-state index in [-0.39, 0.29) is 0 Å². The van der Waals surface area contributed by atoms with E-state index in [9.17, 15) is 0 Å². The molecule has 6 aromatic carbocycles. The van der Waals surface area contributed by atoms with Crippen LogP contribution in [0.5, 0.6) is 0 Å². The van der Waals surface area contributed by atoms with Crippen molar-refractivity contribution in [1.29, 1.82) is 0 Å². The van der Waals surface area contributed by atoms with E-state index in [0.717, 1.165) is 61.2 Å². The first-order valence-electron chi connectivity index (χ1n) is 14.9. The van der Waals surface area contributed by atoms with Crippen LogP contribution in [0.1, 0.15) is 0 Å². The molecule has 0 saturated heterocycles. The lowest BCUT2D eigenvalue weighted by molar-refractivity contribution is 0.631. The van der Waals surface area contributed by atoms with Crippen LogP contribution >= 0.6 is 0 Å². The van der Waals surface area contributed by atoms with E-state index in [4.69, 9.17) is 19.4 Å². The van der Waals surface area contributed by atoms with Crippen LogP contribution in [0, 0.1) is 0 Å². The molecular formula is C41H27N3O. The van der Waals surface area contributed by atoms with Gasteiger partial charge in [-0.1, -0.05) is 133 Å². The van der Waals surface area contributed by atoms with E-state index in [1.54, 1.807) is 0 Å². The Balaban J connectivity index is 1.16. The first-order chi connectivity index (χ1) is 22.3. The molecular weight excluding hydrogens is 550 g/mol. The van der Waals surface area contributed by atoms with E-state index < -0.39 is 0 Å². The highest BCUT2D eigenvalue weighted by Crippen LogP contribution is 2.33. The molecule has 0 atom stereocenters.